The van der Waals surface area contributed by atoms with E-state index in [0.717, 1.165) is 33.7 Å². The van der Waals surface area contributed by atoms with E-state index in [4.69, 9.17) is 4.74 Å². The van der Waals surface area contributed by atoms with Crippen LogP contribution in [0.5, 0.6) is 5.75 Å². The molecule has 2 rings (SSSR count). The number of aromatic nitrogens is 1. The molecule has 1 heterocycles. The van der Waals surface area contributed by atoms with Gasteiger partial charge in [0.25, 0.3) is 0 Å². The highest BCUT2D eigenvalue weighted by atomic mass is 16.5. The first-order valence-electron chi connectivity index (χ1n) is 6.55. The number of carbonyl (C=O) groups is 1. The van der Waals surface area contributed by atoms with E-state index in [9.17, 15) is 4.79 Å². The number of carbonyl (C=O) groups excluding carboxylic acids is 1. The summed E-state index contributed by atoms with van der Waals surface area (Å²) in [5.74, 6) is 0.775. The summed E-state index contributed by atoms with van der Waals surface area (Å²) in [6.45, 7) is 7.52. The van der Waals surface area contributed by atoms with Gasteiger partial charge in [0, 0.05) is 22.3 Å². The smallest absolute Gasteiger partial charge is 0.154 e. The molecule has 0 spiro atoms. The summed E-state index contributed by atoms with van der Waals surface area (Å²) >= 11 is 0. The average molecular weight is 272 g/mol. The van der Waals surface area contributed by atoms with E-state index in [1.807, 2.05) is 19.1 Å². The predicted molar refractivity (Wildman–Crippen MR) is 82.4 cm³/mol. The van der Waals surface area contributed by atoms with Gasteiger partial charge in [-0.05, 0) is 51.5 Å². The maximum atomic E-state index is 11.1. The van der Waals surface area contributed by atoms with Crippen molar-refractivity contribution in [2.24, 2.45) is 0 Å². The van der Waals surface area contributed by atoms with E-state index in [2.05, 4.69) is 24.1 Å². The second-order valence-corrected chi connectivity index (χ2v) is 5.04. The zero-order valence-electron chi connectivity index (χ0n) is 12.5. The van der Waals surface area contributed by atoms with Crippen LogP contribution >= 0.6 is 0 Å². The monoisotopic (exact) mass is 272 g/mol. The van der Waals surface area contributed by atoms with Crippen molar-refractivity contribution in [1.29, 1.82) is 0 Å². The van der Waals surface area contributed by atoms with Gasteiger partial charge >= 0.3 is 0 Å². The van der Waals surface area contributed by atoms with E-state index in [0.29, 0.717) is 0 Å². The Bertz CT molecular complexity index is 696. The summed E-state index contributed by atoms with van der Waals surface area (Å²) < 4.78 is 5.44. The van der Waals surface area contributed by atoms with Crippen LogP contribution in [0, 0.1) is 13.8 Å². The fourth-order valence-corrected chi connectivity index (χ4v) is 2.31. The molecule has 0 radical (unpaired) electrons. The summed E-state index contributed by atoms with van der Waals surface area (Å²) in [6.07, 6.45) is 1.56. The molecule has 0 bridgehead atoms. The lowest BCUT2D eigenvalue weighted by Gasteiger charge is -2.12. The molecule has 1 aromatic carbocycles. The van der Waals surface area contributed by atoms with Gasteiger partial charge in [-0.1, -0.05) is 0 Å². The molecule has 106 valence electrons. The van der Waals surface area contributed by atoms with Crippen molar-refractivity contribution in [2.75, 3.05) is 12.4 Å². The number of ether oxygens (including phenoxy) is 1. The van der Waals surface area contributed by atoms with Crippen LogP contribution in [0.15, 0.2) is 23.9 Å². The lowest BCUT2D eigenvalue weighted by molar-refractivity contribution is -0.112. The summed E-state index contributed by atoms with van der Waals surface area (Å²) in [5, 5.41) is 4.36. The lowest BCUT2D eigenvalue weighted by atomic mass is 10.1. The molecule has 0 unspecified atom stereocenters. The van der Waals surface area contributed by atoms with E-state index in [-0.39, 0.29) is 5.78 Å². The second-order valence-electron chi connectivity index (χ2n) is 5.04. The normalized spacial score (nSPS) is 11.8. The number of aryl methyl sites for hydroxylation is 2. The molecule has 2 aromatic rings. The summed E-state index contributed by atoms with van der Waals surface area (Å²) in [7, 11) is 1.64. The van der Waals surface area contributed by atoms with Crippen molar-refractivity contribution < 1.29 is 9.53 Å². The predicted octanol–water partition coefficient (Wildman–Crippen LogP) is 3.70. The number of allylic oxidation sites excluding steroid dienone is 2. The molecular weight excluding hydrogens is 252 g/mol. The van der Waals surface area contributed by atoms with Gasteiger partial charge in [-0.3, -0.25) is 4.79 Å². The summed E-state index contributed by atoms with van der Waals surface area (Å²) in [6, 6.07) is 4.02. The van der Waals surface area contributed by atoms with Crippen molar-refractivity contribution >= 4 is 22.4 Å². The first kappa shape index (κ1) is 14.2. The van der Waals surface area contributed by atoms with E-state index in [1.165, 1.54) is 12.5 Å². The Hall–Kier alpha value is -2.23. The number of ketones is 1. The molecule has 0 atom stereocenters. The first-order valence-corrected chi connectivity index (χ1v) is 6.55. The van der Waals surface area contributed by atoms with Crippen molar-refractivity contribution in [1.82, 2.24) is 4.98 Å². The Kier molecular flexibility index (Phi) is 3.84. The Morgan fingerprint density at radius 2 is 2.00 bits per heavy atom. The van der Waals surface area contributed by atoms with Crippen LogP contribution in [0.25, 0.3) is 10.9 Å². The number of nitrogens with one attached hydrogen (secondary N) is 2. The van der Waals surface area contributed by atoms with Crippen molar-refractivity contribution in [3.8, 4) is 5.75 Å². The lowest BCUT2D eigenvalue weighted by Crippen LogP contribution is -2.00. The number of hydrogen-bond donors (Lipinski definition) is 2. The number of anilines is 1. The van der Waals surface area contributed by atoms with Gasteiger partial charge < -0.3 is 15.0 Å². The minimum Gasteiger partial charge on any atom is -0.495 e. The number of H-pyrrole nitrogens is 1. The molecule has 2 N–H and O–H groups in total. The first-order chi connectivity index (χ1) is 9.42. The third-order valence-corrected chi connectivity index (χ3v) is 3.38. The zero-order chi connectivity index (χ0) is 14.9. The number of methoxy groups -OCH3 is 1. The van der Waals surface area contributed by atoms with Crippen molar-refractivity contribution in [3.63, 3.8) is 0 Å². The van der Waals surface area contributed by atoms with E-state index >= 15 is 0 Å². The average Bonchev–Trinajstić information content (AvgIpc) is 2.62. The van der Waals surface area contributed by atoms with Crippen LogP contribution in [-0.4, -0.2) is 17.9 Å². The molecule has 4 heteroatoms. The zero-order valence-corrected chi connectivity index (χ0v) is 12.5. The standard InChI is InChI=1S/C16H20N2O2/c1-9(6-10(2)19)17-15-8-14-13(7-16(15)20-5)11(3)12(4)18-14/h6-8,17-18H,1-5H3/b9-6-. The third kappa shape index (κ3) is 2.69. The topological polar surface area (TPSA) is 54.1 Å². The van der Waals surface area contributed by atoms with Crippen LogP contribution < -0.4 is 10.1 Å². The Morgan fingerprint density at radius 3 is 2.60 bits per heavy atom. The van der Waals surface area contributed by atoms with Crippen LogP contribution in [0.2, 0.25) is 0 Å². The quantitative estimate of drug-likeness (QED) is 0.834. The molecule has 1 aromatic heterocycles. The molecule has 20 heavy (non-hydrogen) atoms. The van der Waals surface area contributed by atoms with E-state index in [1.54, 1.807) is 13.2 Å². The maximum Gasteiger partial charge on any atom is 0.154 e. The number of hydrogen-bond acceptors (Lipinski definition) is 3. The van der Waals surface area contributed by atoms with Crippen LogP contribution in [0.1, 0.15) is 25.1 Å². The molecule has 0 aliphatic rings. The van der Waals surface area contributed by atoms with Crippen molar-refractivity contribution in [2.45, 2.75) is 27.7 Å². The van der Waals surface area contributed by atoms with Gasteiger partial charge in [-0.15, -0.1) is 0 Å². The molecule has 0 aliphatic heterocycles. The molecule has 0 saturated heterocycles. The third-order valence-electron chi connectivity index (χ3n) is 3.38. The van der Waals surface area contributed by atoms with Gasteiger partial charge in [0.15, 0.2) is 5.78 Å². The molecular formula is C16H20N2O2. The van der Waals surface area contributed by atoms with Gasteiger partial charge in [0.1, 0.15) is 5.75 Å². The number of rotatable bonds is 4. The molecule has 0 saturated carbocycles. The van der Waals surface area contributed by atoms with Gasteiger partial charge in [-0.2, -0.15) is 0 Å². The Morgan fingerprint density at radius 1 is 1.30 bits per heavy atom. The second kappa shape index (κ2) is 5.41. The number of benzene rings is 1. The summed E-state index contributed by atoms with van der Waals surface area (Å²) in [5.41, 5.74) is 5.06. The molecule has 0 aliphatic carbocycles. The highest BCUT2D eigenvalue weighted by molar-refractivity contribution is 5.91. The summed E-state index contributed by atoms with van der Waals surface area (Å²) in [4.78, 5) is 14.5. The van der Waals surface area contributed by atoms with Crippen LogP contribution in [0.4, 0.5) is 5.69 Å². The fourth-order valence-electron chi connectivity index (χ4n) is 2.31. The molecule has 0 amide bonds. The van der Waals surface area contributed by atoms with Crippen LogP contribution in [-0.2, 0) is 4.79 Å². The highest BCUT2D eigenvalue weighted by Crippen LogP contribution is 2.33. The largest absolute Gasteiger partial charge is 0.495 e. The fraction of sp³-hybridized carbons (Fsp3) is 0.312. The van der Waals surface area contributed by atoms with Gasteiger partial charge in [-0.25, -0.2) is 0 Å². The van der Waals surface area contributed by atoms with Gasteiger partial charge in [0.05, 0.1) is 12.8 Å². The Balaban J connectivity index is 2.50. The minimum atomic E-state index is 0.0154. The molecule has 0 fully saturated rings. The Labute approximate surface area is 118 Å². The number of fused-ring (bicyclic) bond motifs is 1. The van der Waals surface area contributed by atoms with Crippen molar-refractivity contribution in [3.05, 3.63) is 35.2 Å². The maximum absolute atomic E-state index is 11.1. The molecule has 4 nitrogen and oxygen atoms in total. The van der Waals surface area contributed by atoms with Gasteiger partial charge in [0.2, 0.25) is 0 Å². The highest BCUT2D eigenvalue weighted by Gasteiger charge is 2.10. The van der Waals surface area contributed by atoms with Crippen LogP contribution in [0.3, 0.4) is 0 Å². The SMILES string of the molecule is COc1cc2c(C)c(C)[nH]c2cc1N/C(C)=C\C(C)=O. The number of aromatic amines is 1. The minimum absolute atomic E-state index is 0.0154. The van der Waals surface area contributed by atoms with E-state index < -0.39 is 0 Å².